The highest BCUT2D eigenvalue weighted by atomic mass is 15.3. The van der Waals surface area contributed by atoms with Gasteiger partial charge in [0.15, 0.2) is 0 Å². The van der Waals surface area contributed by atoms with Crippen molar-refractivity contribution in [1.29, 1.82) is 10.5 Å². The Balaban J connectivity index is 2.14. The van der Waals surface area contributed by atoms with Gasteiger partial charge in [0.1, 0.15) is 29.9 Å². The summed E-state index contributed by atoms with van der Waals surface area (Å²) in [5.74, 6) is 0.706. The molecule has 0 bridgehead atoms. The van der Waals surface area contributed by atoms with Crippen molar-refractivity contribution in [1.82, 2.24) is 14.8 Å². The first-order valence-corrected chi connectivity index (χ1v) is 5.48. The Morgan fingerprint density at radius 2 is 1.95 bits per heavy atom. The molecule has 1 aromatic carbocycles. The van der Waals surface area contributed by atoms with E-state index in [4.69, 9.17) is 10.5 Å². The van der Waals surface area contributed by atoms with Gasteiger partial charge >= 0.3 is 0 Å². The Kier molecular flexibility index (Phi) is 3.56. The zero-order valence-corrected chi connectivity index (χ0v) is 10.2. The Bertz CT molecular complexity index is 665. The van der Waals surface area contributed by atoms with Gasteiger partial charge in [0.25, 0.3) is 0 Å². The number of nitrogens with one attached hydrogen (secondary N) is 1. The summed E-state index contributed by atoms with van der Waals surface area (Å²) in [6, 6.07) is 10.9. The van der Waals surface area contributed by atoms with Gasteiger partial charge in [-0.3, -0.25) is 0 Å². The van der Waals surface area contributed by atoms with Gasteiger partial charge < -0.3 is 5.32 Å². The van der Waals surface area contributed by atoms with Crippen LogP contribution in [0.15, 0.2) is 42.4 Å². The lowest BCUT2D eigenvalue weighted by atomic mass is 10.3. The summed E-state index contributed by atoms with van der Waals surface area (Å²) in [5, 5.41) is 24.3. The number of aryl methyl sites for hydroxylation is 1. The second-order valence-corrected chi connectivity index (χ2v) is 3.71. The lowest BCUT2D eigenvalue weighted by molar-refractivity contribution is 0.863. The van der Waals surface area contributed by atoms with Gasteiger partial charge in [0.05, 0.1) is 5.69 Å². The van der Waals surface area contributed by atoms with Crippen LogP contribution in [0.3, 0.4) is 0 Å². The van der Waals surface area contributed by atoms with Gasteiger partial charge in [-0.15, -0.1) is 0 Å². The SMILES string of the molecule is Cc1ncn(-c2ccc(NC=C(C#N)C#N)cc2)n1. The van der Waals surface area contributed by atoms with Crippen molar-refractivity contribution >= 4 is 5.69 Å². The third kappa shape index (κ3) is 2.96. The molecule has 0 aliphatic heterocycles. The maximum atomic E-state index is 8.60. The van der Waals surface area contributed by atoms with Gasteiger partial charge in [-0.25, -0.2) is 9.67 Å². The third-order valence-corrected chi connectivity index (χ3v) is 2.36. The molecule has 6 heteroatoms. The molecule has 0 radical (unpaired) electrons. The molecule has 0 unspecified atom stereocenters. The molecule has 0 amide bonds. The van der Waals surface area contributed by atoms with Crippen LogP contribution in [0.5, 0.6) is 0 Å². The molecule has 1 aromatic heterocycles. The highest BCUT2D eigenvalue weighted by Gasteiger charge is 1.99. The van der Waals surface area contributed by atoms with Gasteiger partial charge in [-0.1, -0.05) is 0 Å². The zero-order valence-electron chi connectivity index (χ0n) is 10.2. The zero-order chi connectivity index (χ0) is 13.7. The Morgan fingerprint density at radius 3 is 2.47 bits per heavy atom. The maximum Gasteiger partial charge on any atom is 0.147 e. The number of rotatable bonds is 3. The number of hydrogen-bond donors (Lipinski definition) is 1. The summed E-state index contributed by atoms with van der Waals surface area (Å²) in [7, 11) is 0. The minimum Gasteiger partial charge on any atom is -0.360 e. The molecule has 0 saturated carbocycles. The summed E-state index contributed by atoms with van der Waals surface area (Å²) in [6.07, 6.45) is 3.01. The molecular formula is C13H10N6. The average molecular weight is 250 g/mol. The van der Waals surface area contributed by atoms with Crippen LogP contribution < -0.4 is 5.32 Å². The second kappa shape index (κ2) is 5.48. The Morgan fingerprint density at radius 1 is 1.26 bits per heavy atom. The van der Waals surface area contributed by atoms with Gasteiger partial charge in [0.2, 0.25) is 0 Å². The highest BCUT2D eigenvalue weighted by molar-refractivity contribution is 5.52. The molecule has 0 spiro atoms. The van der Waals surface area contributed by atoms with Crippen molar-refractivity contribution in [2.45, 2.75) is 6.92 Å². The summed E-state index contributed by atoms with van der Waals surface area (Å²) >= 11 is 0. The van der Waals surface area contributed by atoms with Crippen LogP contribution in [-0.2, 0) is 0 Å². The lowest BCUT2D eigenvalue weighted by Gasteiger charge is -2.03. The standard InChI is InChI=1S/C13H10N6/c1-10-17-9-19(18-10)13-4-2-12(3-5-13)16-8-11(6-14)7-15/h2-5,8-9,16H,1H3. The molecule has 0 saturated heterocycles. The van der Waals surface area contributed by atoms with E-state index >= 15 is 0 Å². The molecule has 0 fully saturated rings. The van der Waals surface area contributed by atoms with E-state index in [2.05, 4.69) is 15.4 Å². The summed E-state index contributed by atoms with van der Waals surface area (Å²) in [4.78, 5) is 4.05. The van der Waals surface area contributed by atoms with E-state index in [0.29, 0.717) is 5.82 Å². The fourth-order valence-electron chi connectivity index (χ4n) is 1.43. The third-order valence-electron chi connectivity index (χ3n) is 2.36. The van der Waals surface area contributed by atoms with Gasteiger partial charge in [-0.05, 0) is 31.2 Å². The number of hydrogen-bond acceptors (Lipinski definition) is 5. The normalized spacial score (nSPS) is 9.21. The van der Waals surface area contributed by atoms with E-state index in [1.807, 2.05) is 31.2 Å². The minimum atomic E-state index is 0.0241. The Hall–Kier alpha value is -3.12. The molecular weight excluding hydrogens is 240 g/mol. The van der Waals surface area contributed by atoms with Crippen molar-refractivity contribution in [3.05, 3.63) is 48.2 Å². The topological polar surface area (TPSA) is 90.3 Å². The van der Waals surface area contributed by atoms with Crippen LogP contribution in [0.2, 0.25) is 0 Å². The lowest BCUT2D eigenvalue weighted by Crippen LogP contribution is -1.95. The largest absolute Gasteiger partial charge is 0.360 e. The highest BCUT2D eigenvalue weighted by Crippen LogP contribution is 2.12. The van der Waals surface area contributed by atoms with Crippen molar-refractivity contribution in [2.24, 2.45) is 0 Å². The van der Waals surface area contributed by atoms with E-state index < -0.39 is 0 Å². The number of nitrogens with zero attached hydrogens (tertiary/aromatic N) is 5. The molecule has 0 aliphatic rings. The predicted molar refractivity (Wildman–Crippen MR) is 69.0 cm³/mol. The number of allylic oxidation sites excluding steroid dienone is 1. The molecule has 2 aromatic rings. The fraction of sp³-hybridized carbons (Fsp3) is 0.0769. The number of nitriles is 2. The Labute approximate surface area is 110 Å². The van der Waals surface area contributed by atoms with E-state index in [1.54, 1.807) is 23.1 Å². The smallest absolute Gasteiger partial charge is 0.147 e. The number of aromatic nitrogens is 3. The summed E-state index contributed by atoms with van der Waals surface area (Å²) in [6.45, 7) is 1.82. The van der Waals surface area contributed by atoms with Gasteiger partial charge in [-0.2, -0.15) is 15.6 Å². The van der Waals surface area contributed by atoms with E-state index in [9.17, 15) is 0 Å². The van der Waals surface area contributed by atoms with Crippen LogP contribution in [0.1, 0.15) is 5.82 Å². The van der Waals surface area contributed by atoms with Crippen molar-refractivity contribution in [3.8, 4) is 17.8 Å². The van der Waals surface area contributed by atoms with E-state index in [0.717, 1.165) is 11.4 Å². The molecule has 1 N–H and O–H groups in total. The molecule has 2 rings (SSSR count). The number of anilines is 1. The van der Waals surface area contributed by atoms with Crippen molar-refractivity contribution < 1.29 is 0 Å². The predicted octanol–water partition coefficient (Wildman–Crippen LogP) is 1.92. The average Bonchev–Trinajstić information content (AvgIpc) is 2.87. The first kappa shape index (κ1) is 12.3. The molecule has 1 heterocycles. The molecule has 0 atom stereocenters. The quantitative estimate of drug-likeness (QED) is 0.840. The molecule has 19 heavy (non-hydrogen) atoms. The molecule has 0 aliphatic carbocycles. The van der Waals surface area contributed by atoms with Crippen molar-refractivity contribution in [2.75, 3.05) is 5.32 Å². The van der Waals surface area contributed by atoms with Crippen LogP contribution in [-0.4, -0.2) is 14.8 Å². The molecule has 92 valence electrons. The van der Waals surface area contributed by atoms with Crippen LogP contribution in [0.4, 0.5) is 5.69 Å². The van der Waals surface area contributed by atoms with E-state index in [-0.39, 0.29) is 5.57 Å². The fourth-order valence-corrected chi connectivity index (χ4v) is 1.43. The first-order valence-electron chi connectivity index (χ1n) is 5.48. The minimum absolute atomic E-state index is 0.0241. The van der Waals surface area contributed by atoms with Crippen LogP contribution in [0, 0.1) is 29.6 Å². The number of benzene rings is 1. The summed E-state index contributed by atoms with van der Waals surface area (Å²) < 4.78 is 1.67. The first-order chi connectivity index (χ1) is 9.22. The van der Waals surface area contributed by atoms with Gasteiger partial charge in [0, 0.05) is 11.9 Å². The van der Waals surface area contributed by atoms with Crippen LogP contribution in [0.25, 0.3) is 5.69 Å². The summed E-state index contributed by atoms with van der Waals surface area (Å²) in [5.41, 5.74) is 1.69. The second-order valence-electron chi connectivity index (χ2n) is 3.71. The van der Waals surface area contributed by atoms with Crippen LogP contribution >= 0.6 is 0 Å². The maximum absolute atomic E-state index is 8.60. The molecule has 6 nitrogen and oxygen atoms in total. The monoisotopic (exact) mass is 250 g/mol. The van der Waals surface area contributed by atoms with Crippen molar-refractivity contribution in [3.63, 3.8) is 0 Å². The van der Waals surface area contributed by atoms with E-state index in [1.165, 1.54) is 6.20 Å².